The van der Waals surface area contributed by atoms with Crippen LogP contribution >= 0.6 is 11.6 Å². The van der Waals surface area contributed by atoms with Crippen molar-refractivity contribution in [2.45, 2.75) is 6.04 Å². The highest BCUT2D eigenvalue weighted by molar-refractivity contribution is 6.30. The van der Waals surface area contributed by atoms with Gasteiger partial charge in [0.2, 0.25) is 0 Å². The Hall–Kier alpha value is -2.30. The molecule has 1 unspecified atom stereocenters. The van der Waals surface area contributed by atoms with E-state index in [1.807, 2.05) is 36.4 Å². The summed E-state index contributed by atoms with van der Waals surface area (Å²) in [6.45, 7) is 0.719. The van der Waals surface area contributed by atoms with E-state index in [4.69, 9.17) is 16.3 Å². The summed E-state index contributed by atoms with van der Waals surface area (Å²) in [5, 5.41) is 6.11. The minimum Gasteiger partial charge on any atom is -0.497 e. The maximum Gasteiger partial charge on any atom is 0.135 e. The van der Waals surface area contributed by atoms with Crippen LogP contribution in [0.4, 0.5) is 5.82 Å². The van der Waals surface area contributed by atoms with E-state index in [0.29, 0.717) is 5.15 Å². The number of halogens is 1. The standard InChI is InChI=1S/C20H22ClN3O/c1-24(2)18(14-8-10-16(25-3)11-9-14)13-22-20-17-7-5-4-6-15(17)12-19(21)23-20/h4-12,18H,13H2,1-3H3,(H,22,23). The van der Waals surface area contributed by atoms with Gasteiger partial charge in [-0.15, -0.1) is 0 Å². The minimum atomic E-state index is 0.199. The number of hydrogen-bond acceptors (Lipinski definition) is 4. The first-order valence-electron chi connectivity index (χ1n) is 8.18. The first-order chi connectivity index (χ1) is 12.1. The molecule has 0 aliphatic rings. The van der Waals surface area contributed by atoms with Gasteiger partial charge in [-0.2, -0.15) is 0 Å². The molecule has 0 amide bonds. The number of anilines is 1. The highest BCUT2D eigenvalue weighted by atomic mass is 35.5. The Morgan fingerprint density at radius 1 is 1.12 bits per heavy atom. The normalized spacial score (nSPS) is 12.4. The number of nitrogens with one attached hydrogen (secondary N) is 1. The third-order valence-corrected chi connectivity index (χ3v) is 4.49. The second-order valence-corrected chi connectivity index (χ2v) is 6.54. The molecule has 5 heteroatoms. The van der Waals surface area contributed by atoms with Crippen molar-refractivity contribution in [3.05, 3.63) is 65.3 Å². The van der Waals surface area contributed by atoms with E-state index in [1.165, 1.54) is 5.56 Å². The number of hydrogen-bond donors (Lipinski definition) is 1. The van der Waals surface area contributed by atoms with Gasteiger partial charge in [0, 0.05) is 11.9 Å². The van der Waals surface area contributed by atoms with Crippen molar-refractivity contribution in [1.29, 1.82) is 0 Å². The van der Waals surface area contributed by atoms with Crippen molar-refractivity contribution in [1.82, 2.24) is 9.88 Å². The van der Waals surface area contributed by atoms with Crippen LogP contribution in [0.2, 0.25) is 5.15 Å². The Balaban J connectivity index is 1.84. The maximum absolute atomic E-state index is 6.18. The lowest BCUT2D eigenvalue weighted by atomic mass is 10.1. The van der Waals surface area contributed by atoms with Crippen molar-refractivity contribution < 1.29 is 4.74 Å². The minimum absolute atomic E-state index is 0.199. The molecule has 25 heavy (non-hydrogen) atoms. The highest BCUT2D eigenvalue weighted by Gasteiger charge is 2.15. The fourth-order valence-corrected chi connectivity index (χ4v) is 3.12. The predicted octanol–water partition coefficient (Wildman–Crippen LogP) is 4.61. The largest absolute Gasteiger partial charge is 0.497 e. The average Bonchev–Trinajstić information content (AvgIpc) is 2.62. The number of pyridine rings is 1. The van der Waals surface area contributed by atoms with Gasteiger partial charge in [0.15, 0.2) is 0 Å². The summed E-state index contributed by atoms with van der Waals surface area (Å²) >= 11 is 6.18. The van der Waals surface area contributed by atoms with Crippen LogP contribution in [0.15, 0.2) is 54.6 Å². The molecule has 0 aliphatic heterocycles. The van der Waals surface area contributed by atoms with Crippen LogP contribution in [0.3, 0.4) is 0 Å². The number of ether oxygens (including phenoxy) is 1. The fourth-order valence-electron chi connectivity index (χ4n) is 2.92. The first kappa shape index (κ1) is 17.5. The Morgan fingerprint density at radius 2 is 1.84 bits per heavy atom. The molecular formula is C20H22ClN3O. The van der Waals surface area contributed by atoms with Crippen molar-refractivity contribution >= 4 is 28.2 Å². The van der Waals surface area contributed by atoms with Crippen LogP contribution in [0.1, 0.15) is 11.6 Å². The molecular weight excluding hydrogens is 334 g/mol. The second-order valence-electron chi connectivity index (χ2n) is 6.15. The van der Waals surface area contributed by atoms with Gasteiger partial charge in [-0.25, -0.2) is 4.98 Å². The summed E-state index contributed by atoms with van der Waals surface area (Å²) < 4.78 is 5.25. The van der Waals surface area contributed by atoms with E-state index in [1.54, 1.807) is 7.11 Å². The van der Waals surface area contributed by atoms with E-state index < -0.39 is 0 Å². The van der Waals surface area contributed by atoms with Crippen LogP contribution in [0.5, 0.6) is 5.75 Å². The number of nitrogens with zero attached hydrogens (tertiary/aromatic N) is 2. The molecule has 1 heterocycles. The van der Waals surface area contributed by atoms with E-state index >= 15 is 0 Å². The van der Waals surface area contributed by atoms with Crippen molar-refractivity contribution in [3.63, 3.8) is 0 Å². The monoisotopic (exact) mass is 355 g/mol. The zero-order chi connectivity index (χ0) is 17.8. The Kier molecular flexibility index (Phi) is 5.41. The summed E-state index contributed by atoms with van der Waals surface area (Å²) in [6.07, 6.45) is 0. The Morgan fingerprint density at radius 3 is 2.52 bits per heavy atom. The van der Waals surface area contributed by atoms with Crippen LogP contribution in [-0.2, 0) is 0 Å². The number of fused-ring (bicyclic) bond motifs is 1. The zero-order valence-corrected chi connectivity index (χ0v) is 15.4. The lowest BCUT2D eigenvalue weighted by molar-refractivity contribution is 0.311. The summed E-state index contributed by atoms with van der Waals surface area (Å²) in [5.74, 6) is 1.67. The Labute approximate surface area is 153 Å². The molecule has 0 aliphatic carbocycles. The van der Waals surface area contributed by atoms with Crippen LogP contribution < -0.4 is 10.1 Å². The zero-order valence-electron chi connectivity index (χ0n) is 14.7. The molecule has 0 bridgehead atoms. The van der Waals surface area contributed by atoms with Crippen LogP contribution in [0, 0.1) is 0 Å². The van der Waals surface area contributed by atoms with Gasteiger partial charge < -0.3 is 15.0 Å². The molecule has 0 saturated carbocycles. The molecule has 3 rings (SSSR count). The molecule has 0 radical (unpaired) electrons. The predicted molar refractivity (Wildman–Crippen MR) is 105 cm³/mol. The summed E-state index contributed by atoms with van der Waals surface area (Å²) in [5.41, 5.74) is 1.21. The quantitative estimate of drug-likeness (QED) is 0.655. The Bertz CT molecular complexity index is 849. The summed E-state index contributed by atoms with van der Waals surface area (Å²) in [4.78, 5) is 6.65. The smallest absolute Gasteiger partial charge is 0.135 e. The fraction of sp³-hybridized carbons (Fsp3) is 0.250. The second kappa shape index (κ2) is 7.72. The number of methoxy groups -OCH3 is 1. The first-order valence-corrected chi connectivity index (χ1v) is 8.56. The summed E-state index contributed by atoms with van der Waals surface area (Å²) in [7, 11) is 5.82. The third kappa shape index (κ3) is 4.03. The summed E-state index contributed by atoms with van der Waals surface area (Å²) in [6, 6.07) is 18.3. The molecule has 3 aromatic rings. The van der Waals surface area contributed by atoms with Gasteiger partial charge in [0.1, 0.15) is 16.7 Å². The molecule has 0 fully saturated rings. The van der Waals surface area contributed by atoms with E-state index in [9.17, 15) is 0 Å². The molecule has 0 saturated heterocycles. The van der Waals surface area contributed by atoms with Gasteiger partial charge in [0.25, 0.3) is 0 Å². The third-order valence-electron chi connectivity index (χ3n) is 4.30. The molecule has 4 nitrogen and oxygen atoms in total. The van der Waals surface area contributed by atoms with E-state index in [-0.39, 0.29) is 6.04 Å². The molecule has 130 valence electrons. The van der Waals surface area contributed by atoms with Crippen molar-refractivity contribution in [2.24, 2.45) is 0 Å². The molecule has 1 aromatic heterocycles. The maximum atomic E-state index is 6.18. The number of rotatable bonds is 6. The van der Waals surface area contributed by atoms with Gasteiger partial charge in [0.05, 0.1) is 13.2 Å². The molecule has 1 atom stereocenters. The lowest BCUT2D eigenvalue weighted by Gasteiger charge is -2.26. The van der Waals surface area contributed by atoms with Crippen LogP contribution in [-0.4, -0.2) is 37.6 Å². The number of aromatic nitrogens is 1. The highest BCUT2D eigenvalue weighted by Crippen LogP contribution is 2.26. The van der Waals surface area contributed by atoms with Crippen molar-refractivity contribution in [2.75, 3.05) is 33.1 Å². The molecule has 0 spiro atoms. The molecule has 1 N–H and O–H groups in total. The average molecular weight is 356 g/mol. The van der Waals surface area contributed by atoms with Gasteiger partial charge in [-0.3, -0.25) is 0 Å². The molecule has 2 aromatic carbocycles. The number of benzene rings is 2. The lowest BCUT2D eigenvalue weighted by Crippen LogP contribution is -2.27. The van der Waals surface area contributed by atoms with Gasteiger partial charge in [-0.05, 0) is 43.2 Å². The van der Waals surface area contributed by atoms with Crippen molar-refractivity contribution in [3.8, 4) is 5.75 Å². The van der Waals surface area contributed by atoms with Crippen LogP contribution in [0.25, 0.3) is 10.8 Å². The van der Waals surface area contributed by atoms with Gasteiger partial charge in [-0.1, -0.05) is 48.0 Å². The van der Waals surface area contributed by atoms with E-state index in [2.05, 4.69) is 47.5 Å². The SMILES string of the molecule is COc1ccc(C(CNc2nc(Cl)cc3ccccc23)N(C)C)cc1. The van der Waals surface area contributed by atoms with Gasteiger partial charge >= 0.3 is 0 Å². The van der Waals surface area contributed by atoms with E-state index in [0.717, 1.165) is 28.9 Å². The topological polar surface area (TPSA) is 37.4 Å². The number of likely N-dealkylation sites (N-methyl/N-ethyl adjacent to an activating group) is 1.